The number of para-hydroxylation sites is 1. The summed E-state index contributed by atoms with van der Waals surface area (Å²) >= 11 is 0. The lowest BCUT2D eigenvalue weighted by molar-refractivity contribution is -0.121. The number of anilines is 1. The van der Waals surface area contributed by atoms with Crippen LogP contribution in [0.1, 0.15) is 32.3 Å². The number of benzene rings is 1. The van der Waals surface area contributed by atoms with Crippen molar-refractivity contribution in [3.05, 3.63) is 23.8 Å². The van der Waals surface area contributed by atoms with E-state index < -0.39 is 0 Å². The number of hydrogen-bond acceptors (Lipinski definition) is 3. The number of imidazole rings is 1. The highest BCUT2D eigenvalue weighted by atomic mass is 16.1. The second kappa shape index (κ2) is 5.94. The first-order valence-electron chi connectivity index (χ1n) is 7.03. The standard InChI is InChI=1S/C15H22N4O/c1-4-11(3)17-13(20)8-9-19-14-10(2)6-5-7-12(14)18-15(19)16/h5-7,11H,4,8-9H2,1-3H3,(H2,16,18)(H,17,20). The van der Waals surface area contributed by atoms with Crippen molar-refractivity contribution in [3.63, 3.8) is 0 Å². The molecule has 2 aromatic rings. The summed E-state index contributed by atoms with van der Waals surface area (Å²) in [5, 5.41) is 2.96. The van der Waals surface area contributed by atoms with Gasteiger partial charge in [-0.25, -0.2) is 4.98 Å². The number of fused-ring (bicyclic) bond motifs is 1. The third kappa shape index (κ3) is 2.92. The maximum atomic E-state index is 11.9. The number of nitrogens with two attached hydrogens (primary N) is 1. The largest absolute Gasteiger partial charge is 0.369 e. The van der Waals surface area contributed by atoms with E-state index in [1.807, 2.05) is 36.6 Å². The van der Waals surface area contributed by atoms with Crippen molar-refractivity contribution >= 4 is 22.9 Å². The van der Waals surface area contributed by atoms with Gasteiger partial charge in [-0.15, -0.1) is 0 Å². The number of nitrogens with one attached hydrogen (secondary N) is 1. The Bertz CT molecular complexity index is 618. The Kier molecular flexibility index (Phi) is 4.27. The fourth-order valence-electron chi connectivity index (χ4n) is 2.27. The van der Waals surface area contributed by atoms with Crippen molar-refractivity contribution in [2.24, 2.45) is 0 Å². The molecule has 0 aliphatic carbocycles. The van der Waals surface area contributed by atoms with Crippen LogP contribution in [0.2, 0.25) is 0 Å². The average Bonchev–Trinajstić information content (AvgIpc) is 2.73. The molecule has 0 saturated heterocycles. The summed E-state index contributed by atoms with van der Waals surface area (Å²) in [7, 11) is 0. The summed E-state index contributed by atoms with van der Waals surface area (Å²) in [6.45, 7) is 6.63. The molecule has 1 atom stereocenters. The molecule has 1 aromatic heterocycles. The van der Waals surface area contributed by atoms with Gasteiger partial charge in [0.25, 0.3) is 0 Å². The van der Waals surface area contributed by atoms with Crippen LogP contribution in [0, 0.1) is 6.92 Å². The van der Waals surface area contributed by atoms with E-state index >= 15 is 0 Å². The van der Waals surface area contributed by atoms with Crippen molar-refractivity contribution in [2.75, 3.05) is 5.73 Å². The van der Waals surface area contributed by atoms with Crippen molar-refractivity contribution in [3.8, 4) is 0 Å². The van der Waals surface area contributed by atoms with Gasteiger partial charge < -0.3 is 15.6 Å². The summed E-state index contributed by atoms with van der Waals surface area (Å²) in [4.78, 5) is 16.2. The second-order valence-corrected chi connectivity index (χ2v) is 5.19. The van der Waals surface area contributed by atoms with Crippen molar-refractivity contribution in [1.29, 1.82) is 0 Å². The van der Waals surface area contributed by atoms with Gasteiger partial charge in [0.1, 0.15) is 0 Å². The van der Waals surface area contributed by atoms with Gasteiger partial charge in [0.15, 0.2) is 0 Å². The number of nitrogen functional groups attached to an aromatic ring is 1. The maximum absolute atomic E-state index is 11.9. The Morgan fingerprint density at radius 1 is 1.50 bits per heavy atom. The van der Waals surface area contributed by atoms with Crippen molar-refractivity contribution < 1.29 is 4.79 Å². The molecular weight excluding hydrogens is 252 g/mol. The van der Waals surface area contributed by atoms with E-state index in [2.05, 4.69) is 17.2 Å². The second-order valence-electron chi connectivity index (χ2n) is 5.19. The average molecular weight is 274 g/mol. The molecule has 1 heterocycles. The van der Waals surface area contributed by atoms with Gasteiger partial charge in [0, 0.05) is 19.0 Å². The predicted molar refractivity (Wildman–Crippen MR) is 81.4 cm³/mol. The molecule has 3 N–H and O–H groups in total. The van der Waals surface area contributed by atoms with Gasteiger partial charge in [-0.05, 0) is 31.9 Å². The maximum Gasteiger partial charge on any atom is 0.222 e. The van der Waals surface area contributed by atoms with Crippen molar-refractivity contribution in [2.45, 2.75) is 46.2 Å². The molecule has 0 bridgehead atoms. The van der Waals surface area contributed by atoms with Crippen LogP contribution in [0.15, 0.2) is 18.2 Å². The molecule has 5 heteroatoms. The van der Waals surface area contributed by atoms with Gasteiger partial charge in [-0.2, -0.15) is 0 Å². The lowest BCUT2D eigenvalue weighted by atomic mass is 10.2. The molecule has 1 aromatic carbocycles. The lowest BCUT2D eigenvalue weighted by Crippen LogP contribution is -2.32. The number of rotatable bonds is 5. The van der Waals surface area contributed by atoms with Gasteiger partial charge >= 0.3 is 0 Å². The zero-order valence-corrected chi connectivity index (χ0v) is 12.3. The van der Waals surface area contributed by atoms with E-state index in [0.717, 1.165) is 23.0 Å². The number of aromatic nitrogens is 2. The highest BCUT2D eigenvalue weighted by Gasteiger charge is 2.12. The van der Waals surface area contributed by atoms with Gasteiger partial charge in [0.05, 0.1) is 11.0 Å². The third-order valence-corrected chi connectivity index (χ3v) is 3.58. The molecule has 2 rings (SSSR count). The Morgan fingerprint density at radius 3 is 2.95 bits per heavy atom. The van der Waals surface area contributed by atoms with E-state index in [-0.39, 0.29) is 11.9 Å². The number of carbonyl (C=O) groups is 1. The zero-order chi connectivity index (χ0) is 14.7. The third-order valence-electron chi connectivity index (χ3n) is 3.58. The first-order valence-corrected chi connectivity index (χ1v) is 7.03. The molecule has 0 fully saturated rings. The summed E-state index contributed by atoms with van der Waals surface area (Å²) in [6.07, 6.45) is 1.34. The number of carbonyl (C=O) groups excluding carboxylic acids is 1. The van der Waals surface area contributed by atoms with Crippen LogP contribution in [0.25, 0.3) is 11.0 Å². The summed E-state index contributed by atoms with van der Waals surface area (Å²) in [6, 6.07) is 6.14. The molecule has 20 heavy (non-hydrogen) atoms. The molecule has 0 aliphatic rings. The van der Waals surface area contributed by atoms with Crippen LogP contribution in [0.3, 0.4) is 0 Å². The van der Waals surface area contributed by atoms with Gasteiger partial charge in [-0.1, -0.05) is 19.1 Å². The molecule has 0 radical (unpaired) electrons. The SMILES string of the molecule is CCC(C)NC(=O)CCn1c(N)nc2cccc(C)c21. The van der Waals surface area contributed by atoms with Crippen LogP contribution in [0.5, 0.6) is 0 Å². The number of nitrogens with zero attached hydrogens (tertiary/aromatic N) is 2. The van der Waals surface area contributed by atoms with Crippen LogP contribution in [0.4, 0.5) is 5.95 Å². The Labute approximate surface area is 119 Å². The minimum atomic E-state index is 0.0502. The molecule has 0 saturated carbocycles. The molecule has 0 aliphatic heterocycles. The first-order chi connectivity index (χ1) is 9.52. The highest BCUT2D eigenvalue weighted by molar-refractivity contribution is 5.82. The number of amides is 1. The normalized spacial score (nSPS) is 12.6. The molecule has 1 amide bonds. The van der Waals surface area contributed by atoms with Crippen LogP contribution >= 0.6 is 0 Å². The Hall–Kier alpha value is -2.04. The first kappa shape index (κ1) is 14.4. The van der Waals surface area contributed by atoms with E-state index in [9.17, 15) is 4.79 Å². The lowest BCUT2D eigenvalue weighted by Gasteiger charge is -2.12. The molecular formula is C15H22N4O. The smallest absolute Gasteiger partial charge is 0.222 e. The zero-order valence-electron chi connectivity index (χ0n) is 12.3. The quantitative estimate of drug-likeness (QED) is 0.878. The van der Waals surface area contributed by atoms with E-state index in [0.29, 0.717) is 18.9 Å². The van der Waals surface area contributed by atoms with Crippen molar-refractivity contribution in [1.82, 2.24) is 14.9 Å². The van der Waals surface area contributed by atoms with Crippen LogP contribution in [-0.2, 0) is 11.3 Å². The monoisotopic (exact) mass is 274 g/mol. The molecule has 0 spiro atoms. The van der Waals surface area contributed by atoms with E-state index in [4.69, 9.17) is 5.73 Å². The van der Waals surface area contributed by atoms with Gasteiger partial charge in [-0.3, -0.25) is 4.79 Å². The van der Waals surface area contributed by atoms with Gasteiger partial charge in [0.2, 0.25) is 11.9 Å². The minimum Gasteiger partial charge on any atom is -0.369 e. The topological polar surface area (TPSA) is 72.9 Å². The number of aryl methyl sites for hydroxylation is 2. The summed E-state index contributed by atoms with van der Waals surface area (Å²) in [5.41, 5.74) is 8.97. The van der Waals surface area contributed by atoms with E-state index in [1.54, 1.807) is 0 Å². The minimum absolute atomic E-state index is 0.0502. The Balaban J connectivity index is 2.14. The predicted octanol–water partition coefficient (Wildman–Crippen LogP) is 2.23. The molecule has 1 unspecified atom stereocenters. The fourth-order valence-corrected chi connectivity index (χ4v) is 2.27. The van der Waals surface area contributed by atoms with Crippen LogP contribution < -0.4 is 11.1 Å². The highest BCUT2D eigenvalue weighted by Crippen LogP contribution is 2.21. The molecule has 108 valence electrons. The molecule has 5 nitrogen and oxygen atoms in total. The fraction of sp³-hybridized carbons (Fsp3) is 0.467. The summed E-state index contributed by atoms with van der Waals surface area (Å²) < 4.78 is 1.92. The van der Waals surface area contributed by atoms with E-state index in [1.165, 1.54) is 0 Å². The number of hydrogen-bond donors (Lipinski definition) is 2. The summed E-state index contributed by atoms with van der Waals surface area (Å²) in [5.74, 6) is 0.514. The van der Waals surface area contributed by atoms with Crippen LogP contribution in [-0.4, -0.2) is 21.5 Å². The Morgan fingerprint density at radius 2 is 2.25 bits per heavy atom.